The van der Waals surface area contributed by atoms with Gasteiger partial charge in [0.2, 0.25) is 5.95 Å². The van der Waals surface area contributed by atoms with Crippen molar-refractivity contribution in [2.45, 2.75) is 6.17 Å². The number of H-pyrrole nitrogens is 1. The minimum atomic E-state index is -0.594. The first-order valence-corrected chi connectivity index (χ1v) is 7.01. The maximum absolute atomic E-state index is 11.4. The highest BCUT2D eigenvalue weighted by Gasteiger charge is 2.34. The van der Waals surface area contributed by atoms with Gasteiger partial charge in [-0.3, -0.25) is 9.69 Å². The lowest BCUT2D eigenvalue weighted by Crippen LogP contribution is -2.27. The number of hydrogen-bond donors (Lipinski definition) is 3. The Hall–Kier alpha value is -3.42. The zero-order valence-electron chi connectivity index (χ0n) is 12.0. The molecule has 4 rings (SSSR count). The number of aromatic nitrogens is 4. The van der Waals surface area contributed by atoms with Gasteiger partial charge in [0.1, 0.15) is 11.5 Å². The van der Waals surface area contributed by atoms with Gasteiger partial charge in [0.25, 0.3) is 5.91 Å². The summed E-state index contributed by atoms with van der Waals surface area (Å²) in [6, 6.07) is 9.27. The molecule has 0 fully saturated rings. The third kappa shape index (κ3) is 2.16. The van der Waals surface area contributed by atoms with Gasteiger partial charge in [-0.15, -0.1) is 0 Å². The summed E-state index contributed by atoms with van der Waals surface area (Å²) in [5.41, 5.74) is 7.32. The Morgan fingerprint density at radius 3 is 2.83 bits per heavy atom. The minimum Gasteiger partial charge on any atom is -0.364 e. The molecule has 0 saturated carbocycles. The number of rotatable bonds is 3. The van der Waals surface area contributed by atoms with Crippen molar-refractivity contribution in [3.05, 3.63) is 60.4 Å². The van der Waals surface area contributed by atoms with Crippen LogP contribution in [-0.2, 0) is 0 Å². The zero-order chi connectivity index (χ0) is 15.8. The molecule has 4 N–H and O–H groups in total. The molecule has 0 spiro atoms. The van der Waals surface area contributed by atoms with E-state index in [2.05, 4.69) is 25.3 Å². The molecule has 23 heavy (non-hydrogen) atoms. The van der Waals surface area contributed by atoms with Crippen LogP contribution in [0.5, 0.6) is 0 Å². The van der Waals surface area contributed by atoms with Crippen LogP contribution in [0.4, 0.5) is 17.3 Å². The molecule has 3 aromatic rings. The SMILES string of the molecule is NC(=O)c1ccnc(N2c3ccccc3NC2c2ncc[nH]2)n1. The number of carbonyl (C=O) groups is 1. The molecule has 0 aliphatic carbocycles. The van der Waals surface area contributed by atoms with Crippen molar-refractivity contribution in [1.82, 2.24) is 19.9 Å². The van der Waals surface area contributed by atoms with Crippen LogP contribution in [-0.4, -0.2) is 25.8 Å². The van der Waals surface area contributed by atoms with Crippen LogP contribution in [0.1, 0.15) is 22.5 Å². The van der Waals surface area contributed by atoms with Crippen molar-refractivity contribution in [1.29, 1.82) is 0 Å². The van der Waals surface area contributed by atoms with E-state index in [0.29, 0.717) is 11.8 Å². The van der Waals surface area contributed by atoms with Crippen molar-refractivity contribution in [3.8, 4) is 0 Å². The van der Waals surface area contributed by atoms with Gasteiger partial charge in [-0.2, -0.15) is 0 Å². The summed E-state index contributed by atoms with van der Waals surface area (Å²) in [7, 11) is 0. The smallest absolute Gasteiger partial charge is 0.267 e. The number of para-hydroxylation sites is 2. The molecule has 8 nitrogen and oxygen atoms in total. The van der Waals surface area contributed by atoms with E-state index < -0.39 is 5.91 Å². The maximum Gasteiger partial charge on any atom is 0.267 e. The number of anilines is 3. The number of carbonyl (C=O) groups excluding carboxylic acids is 1. The van der Waals surface area contributed by atoms with Crippen molar-refractivity contribution in [2.75, 3.05) is 10.2 Å². The Balaban J connectivity index is 1.85. The summed E-state index contributed by atoms with van der Waals surface area (Å²) in [5.74, 6) is 0.498. The maximum atomic E-state index is 11.4. The Kier molecular flexibility index (Phi) is 2.94. The lowest BCUT2D eigenvalue weighted by atomic mass is 10.3. The highest BCUT2D eigenvalue weighted by molar-refractivity contribution is 5.91. The van der Waals surface area contributed by atoms with E-state index in [-0.39, 0.29) is 11.9 Å². The number of aromatic amines is 1. The molecule has 3 heterocycles. The molecule has 1 aliphatic heterocycles. The van der Waals surface area contributed by atoms with Gasteiger partial charge >= 0.3 is 0 Å². The van der Waals surface area contributed by atoms with E-state index in [4.69, 9.17) is 5.73 Å². The number of hydrogen-bond acceptors (Lipinski definition) is 6. The topological polar surface area (TPSA) is 113 Å². The molecule has 114 valence electrons. The fraction of sp³-hybridized carbons (Fsp3) is 0.0667. The van der Waals surface area contributed by atoms with Gasteiger partial charge in [-0.1, -0.05) is 12.1 Å². The quantitative estimate of drug-likeness (QED) is 0.677. The highest BCUT2D eigenvalue weighted by Crippen LogP contribution is 2.43. The predicted octanol–water partition coefficient (Wildman–Crippen LogP) is 1.56. The monoisotopic (exact) mass is 307 g/mol. The molecule has 0 radical (unpaired) electrons. The fourth-order valence-electron chi connectivity index (χ4n) is 2.60. The van der Waals surface area contributed by atoms with Gasteiger partial charge < -0.3 is 16.0 Å². The van der Waals surface area contributed by atoms with Gasteiger partial charge in [-0.05, 0) is 18.2 Å². The summed E-state index contributed by atoms with van der Waals surface area (Å²) < 4.78 is 0. The average Bonchev–Trinajstić information content (AvgIpc) is 3.22. The van der Waals surface area contributed by atoms with Crippen LogP contribution < -0.4 is 16.0 Å². The normalized spacial score (nSPS) is 16.0. The first-order valence-electron chi connectivity index (χ1n) is 7.01. The number of nitrogens with zero attached hydrogens (tertiary/aromatic N) is 4. The van der Waals surface area contributed by atoms with Crippen LogP contribution in [0.3, 0.4) is 0 Å². The summed E-state index contributed by atoms with van der Waals surface area (Å²) in [6.07, 6.45) is 4.64. The summed E-state index contributed by atoms with van der Waals surface area (Å²) >= 11 is 0. The van der Waals surface area contributed by atoms with Crippen molar-refractivity contribution >= 4 is 23.2 Å². The first-order chi connectivity index (χ1) is 11.2. The van der Waals surface area contributed by atoms with Gasteiger partial charge in [0.15, 0.2) is 6.17 Å². The standard InChI is InChI=1S/C15H13N7O/c16-12(23)10-5-6-19-15(21-10)22-11-4-2-1-3-9(11)20-14(22)13-17-7-8-18-13/h1-8,14,20H,(H2,16,23)(H,17,18). The summed E-state index contributed by atoms with van der Waals surface area (Å²) in [6.45, 7) is 0. The van der Waals surface area contributed by atoms with E-state index in [1.165, 1.54) is 12.3 Å². The molecular formula is C15H13N7O. The van der Waals surface area contributed by atoms with E-state index in [0.717, 1.165) is 11.4 Å². The van der Waals surface area contributed by atoms with E-state index in [1.54, 1.807) is 12.4 Å². The molecule has 1 atom stereocenters. The van der Waals surface area contributed by atoms with Crippen molar-refractivity contribution in [3.63, 3.8) is 0 Å². The molecule has 0 saturated heterocycles. The predicted molar refractivity (Wildman–Crippen MR) is 84.1 cm³/mol. The molecule has 1 amide bonds. The van der Waals surface area contributed by atoms with Gasteiger partial charge in [-0.25, -0.2) is 15.0 Å². The number of primary amides is 1. The molecule has 1 aromatic carbocycles. The van der Waals surface area contributed by atoms with Gasteiger partial charge in [0.05, 0.1) is 11.4 Å². The second-order valence-electron chi connectivity index (χ2n) is 5.01. The zero-order valence-corrected chi connectivity index (χ0v) is 12.0. The van der Waals surface area contributed by atoms with Gasteiger partial charge in [0, 0.05) is 18.6 Å². The van der Waals surface area contributed by atoms with Crippen LogP contribution >= 0.6 is 0 Å². The van der Waals surface area contributed by atoms with Crippen LogP contribution in [0.25, 0.3) is 0 Å². The molecule has 1 aliphatic rings. The number of nitrogens with one attached hydrogen (secondary N) is 2. The second-order valence-corrected chi connectivity index (χ2v) is 5.01. The lowest BCUT2D eigenvalue weighted by Gasteiger charge is -2.23. The molecule has 8 heteroatoms. The fourth-order valence-corrected chi connectivity index (χ4v) is 2.60. The Labute approximate surface area is 131 Å². The Morgan fingerprint density at radius 2 is 2.04 bits per heavy atom. The third-order valence-electron chi connectivity index (χ3n) is 3.60. The lowest BCUT2D eigenvalue weighted by molar-refractivity contribution is 0.0995. The molecule has 2 aromatic heterocycles. The Morgan fingerprint density at radius 1 is 1.17 bits per heavy atom. The molecule has 1 unspecified atom stereocenters. The van der Waals surface area contributed by atoms with Crippen LogP contribution in [0, 0.1) is 0 Å². The number of fused-ring (bicyclic) bond motifs is 1. The average molecular weight is 307 g/mol. The third-order valence-corrected chi connectivity index (χ3v) is 3.60. The van der Waals surface area contributed by atoms with Crippen molar-refractivity contribution < 1.29 is 4.79 Å². The number of imidazole rings is 1. The van der Waals surface area contributed by atoms with Crippen LogP contribution in [0.2, 0.25) is 0 Å². The number of benzene rings is 1. The Bertz CT molecular complexity index is 862. The van der Waals surface area contributed by atoms with E-state index in [1.807, 2.05) is 29.2 Å². The first kappa shape index (κ1) is 13.3. The van der Waals surface area contributed by atoms with Crippen molar-refractivity contribution in [2.24, 2.45) is 5.73 Å². The highest BCUT2D eigenvalue weighted by atomic mass is 16.1. The molecule has 0 bridgehead atoms. The number of nitrogens with two attached hydrogens (primary N) is 1. The van der Waals surface area contributed by atoms with E-state index >= 15 is 0 Å². The van der Waals surface area contributed by atoms with E-state index in [9.17, 15) is 4.79 Å². The largest absolute Gasteiger partial charge is 0.364 e. The molecular weight excluding hydrogens is 294 g/mol. The van der Waals surface area contributed by atoms with Crippen LogP contribution in [0.15, 0.2) is 48.9 Å². The minimum absolute atomic E-state index is 0.164. The second kappa shape index (κ2) is 5.09. The summed E-state index contributed by atoms with van der Waals surface area (Å²) in [4.78, 5) is 29.2. The number of amides is 1. The summed E-state index contributed by atoms with van der Waals surface area (Å²) in [5, 5.41) is 3.37.